The van der Waals surface area contributed by atoms with Crippen molar-refractivity contribution in [2.45, 2.75) is 32.0 Å². The lowest BCUT2D eigenvalue weighted by atomic mass is 9.78. The van der Waals surface area contributed by atoms with E-state index in [0.29, 0.717) is 42.9 Å². The van der Waals surface area contributed by atoms with E-state index in [4.69, 9.17) is 9.47 Å². The molecule has 7 nitrogen and oxygen atoms in total. The van der Waals surface area contributed by atoms with Gasteiger partial charge in [0.1, 0.15) is 23.1 Å². The van der Waals surface area contributed by atoms with E-state index in [1.807, 2.05) is 11.8 Å². The maximum atomic E-state index is 12.7. The van der Waals surface area contributed by atoms with Gasteiger partial charge in [-0.05, 0) is 43.7 Å². The second-order valence-electron chi connectivity index (χ2n) is 7.66. The number of carbonyl (C=O) groups is 2. The molecule has 1 saturated carbocycles. The minimum atomic E-state index is -0.654. The highest BCUT2D eigenvalue weighted by molar-refractivity contribution is 7.09. The molecule has 0 unspecified atom stereocenters. The highest BCUT2D eigenvalue weighted by atomic mass is 32.1. The van der Waals surface area contributed by atoms with E-state index in [2.05, 4.69) is 4.98 Å². The number of methoxy groups -OCH3 is 1. The van der Waals surface area contributed by atoms with Gasteiger partial charge in [-0.15, -0.1) is 11.3 Å². The van der Waals surface area contributed by atoms with Crippen LogP contribution in [-0.4, -0.2) is 59.3 Å². The molecule has 2 fully saturated rings. The Hall–Kier alpha value is -2.45. The molecule has 29 heavy (non-hydrogen) atoms. The largest absolute Gasteiger partial charge is 0.487 e. The number of hydrogen-bond acceptors (Lipinski definition) is 7. The Balaban J connectivity index is 1.45. The molecule has 4 atom stereocenters. The normalized spacial score (nSPS) is 26.1. The average Bonchev–Trinajstić information content (AvgIpc) is 3.33. The van der Waals surface area contributed by atoms with Gasteiger partial charge in [0.25, 0.3) is 5.91 Å². The predicted octanol–water partition coefficient (Wildman–Crippen LogP) is 2.53. The number of likely N-dealkylation sites (tertiary alicyclic amines) is 1. The van der Waals surface area contributed by atoms with Gasteiger partial charge in [0, 0.05) is 18.5 Å². The summed E-state index contributed by atoms with van der Waals surface area (Å²) in [7, 11) is 1.33. The number of esters is 1. The molecule has 4 rings (SSSR count). The van der Waals surface area contributed by atoms with Crippen LogP contribution in [0.3, 0.4) is 0 Å². The summed E-state index contributed by atoms with van der Waals surface area (Å²) in [5, 5.41) is 13.3. The minimum absolute atomic E-state index is 0.0493. The Morgan fingerprint density at radius 1 is 1.21 bits per heavy atom. The van der Waals surface area contributed by atoms with Crippen LogP contribution in [-0.2, 0) is 4.74 Å². The standard InChI is InChI=1S/C21H24N2O5S/c1-12-22-16(11-29-12)20(25)23-9-13-7-17(24)19(8-14(13)10-23)28-18-6-4-3-5-15(18)21(26)27-2/h3-6,11,13-14,17,19,24H,7-10H2,1-2H3/t13-,14+,17+,19+/m0/s1. The van der Waals surface area contributed by atoms with Gasteiger partial charge in [0.2, 0.25) is 0 Å². The highest BCUT2D eigenvalue weighted by Crippen LogP contribution is 2.39. The molecule has 0 spiro atoms. The van der Waals surface area contributed by atoms with Gasteiger partial charge in [-0.25, -0.2) is 9.78 Å². The van der Waals surface area contributed by atoms with Crippen molar-refractivity contribution < 1.29 is 24.2 Å². The van der Waals surface area contributed by atoms with Gasteiger partial charge in [-0.3, -0.25) is 4.79 Å². The Labute approximate surface area is 173 Å². The first-order valence-corrected chi connectivity index (χ1v) is 10.6. The van der Waals surface area contributed by atoms with Crippen LogP contribution in [0, 0.1) is 18.8 Å². The number of carbonyl (C=O) groups excluding carboxylic acids is 2. The molecule has 8 heteroatoms. The number of hydrogen-bond donors (Lipinski definition) is 1. The minimum Gasteiger partial charge on any atom is -0.487 e. The van der Waals surface area contributed by atoms with Crippen LogP contribution < -0.4 is 4.74 Å². The maximum Gasteiger partial charge on any atom is 0.341 e. The van der Waals surface area contributed by atoms with E-state index in [9.17, 15) is 14.7 Å². The van der Waals surface area contributed by atoms with Crippen molar-refractivity contribution in [3.63, 3.8) is 0 Å². The number of ether oxygens (including phenoxy) is 2. The van der Waals surface area contributed by atoms with Gasteiger partial charge in [-0.1, -0.05) is 12.1 Å². The summed E-state index contributed by atoms with van der Waals surface area (Å²) < 4.78 is 10.9. The van der Waals surface area contributed by atoms with Crippen molar-refractivity contribution in [3.8, 4) is 5.75 Å². The number of aliphatic hydroxyl groups excluding tert-OH is 1. The van der Waals surface area contributed by atoms with Crippen molar-refractivity contribution in [2.75, 3.05) is 20.2 Å². The van der Waals surface area contributed by atoms with Crippen LogP contribution in [0.2, 0.25) is 0 Å². The molecule has 2 aliphatic rings. The molecular formula is C21H24N2O5S. The van der Waals surface area contributed by atoms with Crippen molar-refractivity contribution in [3.05, 3.63) is 45.9 Å². The van der Waals surface area contributed by atoms with E-state index in [0.717, 1.165) is 5.01 Å². The Kier molecular flexibility index (Phi) is 5.56. The lowest BCUT2D eigenvalue weighted by Crippen LogP contribution is -2.42. The first-order valence-electron chi connectivity index (χ1n) is 9.69. The Morgan fingerprint density at radius 2 is 1.93 bits per heavy atom. The van der Waals surface area contributed by atoms with Crippen LogP contribution >= 0.6 is 11.3 Å². The van der Waals surface area contributed by atoms with E-state index in [1.165, 1.54) is 18.4 Å². The number of thiazole rings is 1. The number of amides is 1. The van der Waals surface area contributed by atoms with Gasteiger partial charge >= 0.3 is 5.97 Å². The van der Waals surface area contributed by atoms with Crippen molar-refractivity contribution in [1.82, 2.24) is 9.88 Å². The molecule has 0 bridgehead atoms. The van der Waals surface area contributed by atoms with Crippen LogP contribution in [0.5, 0.6) is 5.75 Å². The molecule has 1 saturated heterocycles. The molecule has 0 radical (unpaired) electrons. The summed E-state index contributed by atoms with van der Waals surface area (Å²) in [4.78, 5) is 30.9. The Bertz CT molecular complexity index is 914. The fourth-order valence-corrected chi connectivity index (χ4v) is 4.90. The number of aliphatic hydroxyl groups is 1. The summed E-state index contributed by atoms with van der Waals surface area (Å²) in [5.41, 5.74) is 0.831. The van der Waals surface area contributed by atoms with E-state index in [1.54, 1.807) is 29.6 Å². The molecular weight excluding hydrogens is 392 g/mol. The van der Waals surface area contributed by atoms with E-state index >= 15 is 0 Å². The zero-order valence-electron chi connectivity index (χ0n) is 16.4. The van der Waals surface area contributed by atoms with Crippen LogP contribution in [0.4, 0.5) is 0 Å². The van der Waals surface area contributed by atoms with Gasteiger partial charge < -0.3 is 19.5 Å². The molecule has 1 aromatic carbocycles. The predicted molar refractivity (Wildman–Crippen MR) is 107 cm³/mol. The van der Waals surface area contributed by atoms with Crippen molar-refractivity contribution in [1.29, 1.82) is 0 Å². The number of nitrogens with zero attached hydrogens (tertiary/aromatic N) is 2. The van der Waals surface area contributed by atoms with Gasteiger partial charge in [0.05, 0.1) is 18.2 Å². The number of rotatable bonds is 4. The lowest BCUT2D eigenvalue weighted by molar-refractivity contribution is -0.0237. The molecule has 1 N–H and O–H groups in total. The molecule has 1 aromatic heterocycles. The maximum absolute atomic E-state index is 12.7. The quantitative estimate of drug-likeness (QED) is 0.771. The smallest absolute Gasteiger partial charge is 0.341 e. The number of para-hydroxylation sites is 1. The first kappa shape index (κ1) is 19.8. The fourth-order valence-electron chi connectivity index (χ4n) is 4.32. The molecule has 154 valence electrons. The number of aryl methyl sites for hydroxylation is 1. The zero-order valence-corrected chi connectivity index (χ0v) is 17.2. The third kappa shape index (κ3) is 4.00. The summed E-state index contributed by atoms with van der Waals surface area (Å²) in [6.07, 6.45) is 0.105. The number of benzene rings is 1. The monoisotopic (exact) mass is 416 g/mol. The Morgan fingerprint density at radius 3 is 2.62 bits per heavy atom. The van der Waals surface area contributed by atoms with Crippen LogP contribution in [0.15, 0.2) is 29.6 Å². The summed E-state index contributed by atoms with van der Waals surface area (Å²) in [6, 6.07) is 6.88. The zero-order chi connectivity index (χ0) is 20.5. The van der Waals surface area contributed by atoms with Crippen molar-refractivity contribution >= 4 is 23.2 Å². The molecule has 2 heterocycles. The summed E-state index contributed by atoms with van der Waals surface area (Å²) >= 11 is 1.47. The SMILES string of the molecule is COC(=O)c1ccccc1O[C@@H]1C[C@@H]2CN(C(=O)c3csc(C)n3)C[C@@H]2C[C@H]1O. The second-order valence-corrected chi connectivity index (χ2v) is 8.73. The second kappa shape index (κ2) is 8.12. The van der Waals surface area contributed by atoms with Crippen molar-refractivity contribution in [2.24, 2.45) is 11.8 Å². The summed E-state index contributed by atoms with van der Waals surface area (Å²) in [5.74, 6) is 0.374. The van der Waals surface area contributed by atoms with Gasteiger partial charge in [-0.2, -0.15) is 0 Å². The molecule has 2 aromatic rings. The molecule has 1 aliphatic heterocycles. The first-order chi connectivity index (χ1) is 14.0. The number of aromatic nitrogens is 1. The topological polar surface area (TPSA) is 89.0 Å². The highest BCUT2D eigenvalue weighted by Gasteiger charge is 2.44. The molecule has 1 amide bonds. The fraction of sp³-hybridized carbons (Fsp3) is 0.476. The summed E-state index contributed by atoms with van der Waals surface area (Å²) in [6.45, 7) is 3.14. The van der Waals surface area contributed by atoms with Crippen LogP contribution in [0.1, 0.15) is 38.7 Å². The van der Waals surface area contributed by atoms with Crippen LogP contribution in [0.25, 0.3) is 0 Å². The third-order valence-corrected chi connectivity index (χ3v) is 6.55. The lowest BCUT2D eigenvalue weighted by Gasteiger charge is -2.35. The number of fused-ring (bicyclic) bond motifs is 1. The van der Waals surface area contributed by atoms with E-state index in [-0.39, 0.29) is 17.7 Å². The van der Waals surface area contributed by atoms with E-state index < -0.39 is 18.2 Å². The molecule has 1 aliphatic carbocycles. The van der Waals surface area contributed by atoms with Gasteiger partial charge in [0.15, 0.2) is 0 Å². The third-order valence-electron chi connectivity index (χ3n) is 5.78. The average molecular weight is 416 g/mol.